The molecule has 1 heterocycles. The number of nitrogens with zero attached hydrogens (tertiary/aromatic N) is 3. The number of nitrogens with one attached hydrogen (secondary N) is 2. The molecule has 0 aliphatic carbocycles. The second-order valence-corrected chi connectivity index (χ2v) is 5.15. The predicted octanol–water partition coefficient (Wildman–Crippen LogP) is 3.84. The zero-order valence-electron chi connectivity index (χ0n) is 13.1. The molecule has 2 N–H and O–H groups in total. The molecule has 0 fully saturated rings. The van der Waals surface area contributed by atoms with Crippen LogP contribution >= 0.6 is 0 Å². The monoisotopic (exact) mass is 341 g/mol. The molecule has 8 heteroatoms. The molecule has 1 aromatic heterocycles. The Balaban J connectivity index is 1.82. The van der Waals surface area contributed by atoms with Crippen LogP contribution in [0.3, 0.4) is 0 Å². The average Bonchev–Trinajstić information content (AvgIpc) is 2.59. The second kappa shape index (κ2) is 7.00. The van der Waals surface area contributed by atoms with Crippen LogP contribution in [0.4, 0.5) is 31.9 Å². The van der Waals surface area contributed by atoms with E-state index in [0.717, 1.165) is 12.1 Å². The molecular formula is C17H13F2N5O. The van der Waals surface area contributed by atoms with Gasteiger partial charge in [-0.25, -0.2) is 8.78 Å². The summed E-state index contributed by atoms with van der Waals surface area (Å²) >= 11 is 0. The Morgan fingerprint density at radius 1 is 1.04 bits per heavy atom. The molecule has 0 spiro atoms. The lowest BCUT2D eigenvalue weighted by Gasteiger charge is -2.09. The summed E-state index contributed by atoms with van der Waals surface area (Å²) in [6, 6.07) is 10.3. The first-order valence-electron chi connectivity index (χ1n) is 7.32. The van der Waals surface area contributed by atoms with Crippen molar-refractivity contribution in [1.82, 2.24) is 15.2 Å². The first-order valence-corrected chi connectivity index (χ1v) is 7.32. The van der Waals surface area contributed by atoms with Crippen LogP contribution in [0.2, 0.25) is 0 Å². The van der Waals surface area contributed by atoms with Gasteiger partial charge in [0.05, 0.1) is 6.20 Å². The smallest absolute Gasteiger partial charge is 0.249 e. The van der Waals surface area contributed by atoms with E-state index >= 15 is 0 Å². The highest BCUT2D eigenvalue weighted by atomic mass is 19.1. The molecule has 0 aliphatic heterocycles. The van der Waals surface area contributed by atoms with Crippen LogP contribution in [0.25, 0.3) is 0 Å². The fourth-order valence-corrected chi connectivity index (χ4v) is 2.11. The summed E-state index contributed by atoms with van der Waals surface area (Å²) in [5, 5.41) is 13.0. The number of ketones is 1. The summed E-state index contributed by atoms with van der Waals surface area (Å²) in [7, 11) is 0. The quantitative estimate of drug-likeness (QED) is 0.687. The fourth-order valence-electron chi connectivity index (χ4n) is 2.11. The molecule has 0 bridgehead atoms. The van der Waals surface area contributed by atoms with Crippen molar-refractivity contribution < 1.29 is 13.6 Å². The van der Waals surface area contributed by atoms with Gasteiger partial charge in [0.15, 0.2) is 11.6 Å². The largest absolute Gasteiger partial charge is 0.334 e. The van der Waals surface area contributed by atoms with Crippen LogP contribution in [0, 0.1) is 11.6 Å². The Labute approximate surface area is 141 Å². The van der Waals surface area contributed by atoms with E-state index in [9.17, 15) is 13.6 Å². The van der Waals surface area contributed by atoms with Crippen LogP contribution in [-0.2, 0) is 0 Å². The van der Waals surface area contributed by atoms with Crippen LogP contribution in [-0.4, -0.2) is 21.0 Å². The van der Waals surface area contributed by atoms with Gasteiger partial charge in [-0.3, -0.25) is 4.79 Å². The van der Waals surface area contributed by atoms with Crippen molar-refractivity contribution in [3.8, 4) is 0 Å². The summed E-state index contributed by atoms with van der Waals surface area (Å²) in [6.07, 6.45) is 1.24. The van der Waals surface area contributed by atoms with Gasteiger partial charge in [0.1, 0.15) is 17.3 Å². The van der Waals surface area contributed by atoms with E-state index in [4.69, 9.17) is 0 Å². The molecule has 6 nitrogen and oxygen atoms in total. The minimum atomic E-state index is -0.748. The number of Topliss-reactive ketones (excluding diaryl/α,β-unsaturated/α-hetero) is 1. The average molecular weight is 341 g/mol. The maximum Gasteiger partial charge on any atom is 0.249 e. The first-order chi connectivity index (χ1) is 12.0. The van der Waals surface area contributed by atoms with E-state index < -0.39 is 11.6 Å². The number of hydrogen-bond donors (Lipinski definition) is 2. The summed E-state index contributed by atoms with van der Waals surface area (Å²) < 4.78 is 27.4. The van der Waals surface area contributed by atoms with Crippen molar-refractivity contribution in [2.24, 2.45) is 0 Å². The summed E-state index contributed by atoms with van der Waals surface area (Å²) in [4.78, 5) is 15.5. The van der Waals surface area contributed by atoms with Crippen molar-refractivity contribution in [3.63, 3.8) is 0 Å². The standard InChI is InChI=1S/C17H13F2N5O/c1-10(25)11-4-2-5-12(8-11)21-17-23-15(9-20-24-17)22-16-13(18)6-3-7-14(16)19/h2-9H,1H3,(H2,21,22,23,24). The molecule has 3 rings (SSSR count). The lowest BCUT2D eigenvalue weighted by atomic mass is 10.1. The molecule has 2 aromatic carbocycles. The highest BCUT2D eigenvalue weighted by Crippen LogP contribution is 2.22. The number of hydrogen-bond acceptors (Lipinski definition) is 6. The predicted molar refractivity (Wildman–Crippen MR) is 89.2 cm³/mol. The van der Waals surface area contributed by atoms with Gasteiger partial charge in [-0.2, -0.15) is 10.1 Å². The number of benzene rings is 2. The van der Waals surface area contributed by atoms with Gasteiger partial charge in [-0.05, 0) is 31.2 Å². The van der Waals surface area contributed by atoms with Gasteiger partial charge in [-0.15, -0.1) is 5.10 Å². The number of halogens is 2. The van der Waals surface area contributed by atoms with Crippen LogP contribution < -0.4 is 10.6 Å². The topological polar surface area (TPSA) is 79.8 Å². The molecule has 25 heavy (non-hydrogen) atoms. The van der Waals surface area contributed by atoms with Crippen LogP contribution in [0.5, 0.6) is 0 Å². The Morgan fingerprint density at radius 3 is 2.48 bits per heavy atom. The molecule has 126 valence electrons. The van der Waals surface area contributed by atoms with Gasteiger partial charge in [0.2, 0.25) is 5.95 Å². The normalized spacial score (nSPS) is 10.4. The van der Waals surface area contributed by atoms with Crippen molar-refractivity contribution in [3.05, 3.63) is 65.9 Å². The van der Waals surface area contributed by atoms with Gasteiger partial charge in [0.25, 0.3) is 0 Å². The number of para-hydroxylation sites is 1. The molecule has 0 radical (unpaired) electrons. The van der Waals surface area contributed by atoms with Crippen LogP contribution in [0.15, 0.2) is 48.7 Å². The number of aromatic nitrogens is 3. The lowest BCUT2D eigenvalue weighted by Crippen LogP contribution is -2.04. The third kappa shape index (κ3) is 3.92. The molecule has 3 aromatic rings. The minimum Gasteiger partial charge on any atom is -0.334 e. The van der Waals surface area contributed by atoms with Gasteiger partial charge in [0, 0.05) is 11.3 Å². The number of rotatable bonds is 5. The maximum atomic E-state index is 13.7. The van der Waals surface area contributed by atoms with Crippen molar-refractivity contribution in [1.29, 1.82) is 0 Å². The Morgan fingerprint density at radius 2 is 1.76 bits per heavy atom. The van der Waals surface area contributed by atoms with E-state index in [0.29, 0.717) is 11.3 Å². The Kier molecular flexibility index (Phi) is 4.60. The third-order valence-electron chi connectivity index (χ3n) is 3.30. The molecule has 0 saturated carbocycles. The van der Waals surface area contributed by atoms with Crippen molar-refractivity contribution >= 4 is 28.9 Å². The Hall–Kier alpha value is -3.42. The lowest BCUT2D eigenvalue weighted by molar-refractivity contribution is 0.101. The summed E-state index contributed by atoms with van der Waals surface area (Å²) in [5.74, 6) is -1.34. The molecule has 0 amide bonds. The van der Waals surface area contributed by atoms with E-state index in [1.807, 2.05) is 0 Å². The van der Waals surface area contributed by atoms with E-state index in [1.165, 1.54) is 19.2 Å². The molecular weight excluding hydrogens is 328 g/mol. The molecule has 0 unspecified atom stereocenters. The van der Waals surface area contributed by atoms with E-state index in [-0.39, 0.29) is 23.2 Å². The number of carbonyl (C=O) groups excluding carboxylic acids is 1. The third-order valence-corrected chi connectivity index (χ3v) is 3.30. The highest BCUT2D eigenvalue weighted by molar-refractivity contribution is 5.95. The van der Waals surface area contributed by atoms with Gasteiger partial charge < -0.3 is 10.6 Å². The Bertz CT molecular complexity index is 912. The molecule has 0 atom stereocenters. The van der Waals surface area contributed by atoms with Gasteiger partial charge in [-0.1, -0.05) is 18.2 Å². The number of carbonyl (C=O) groups is 1. The summed E-state index contributed by atoms with van der Waals surface area (Å²) in [6.45, 7) is 1.46. The first kappa shape index (κ1) is 16.4. The van der Waals surface area contributed by atoms with E-state index in [1.54, 1.807) is 24.3 Å². The fraction of sp³-hybridized carbons (Fsp3) is 0.0588. The minimum absolute atomic E-state index is 0.0758. The van der Waals surface area contributed by atoms with Crippen molar-refractivity contribution in [2.45, 2.75) is 6.92 Å². The van der Waals surface area contributed by atoms with Crippen LogP contribution in [0.1, 0.15) is 17.3 Å². The molecule has 0 aliphatic rings. The zero-order valence-corrected chi connectivity index (χ0v) is 13.1. The van der Waals surface area contributed by atoms with Gasteiger partial charge >= 0.3 is 0 Å². The van der Waals surface area contributed by atoms with Crippen molar-refractivity contribution in [2.75, 3.05) is 10.6 Å². The second-order valence-electron chi connectivity index (χ2n) is 5.15. The highest BCUT2D eigenvalue weighted by Gasteiger charge is 2.10. The number of anilines is 4. The SMILES string of the molecule is CC(=O)c1cccc(Nc2nncc(Nc3c(F)cccc3F)n2)c1. The molecule has 0 saturated heterocycles. The summed E-state index contributed by atoms with van der Waals surface area (Å²) in [5.41, 5.74) is 0.789. The van der Waals surface area contributed by atoms with E-state index in [2.05, 4.69) is 25.8 Å². The maximum absolute atomic E-state index is 13.7. The zero-order chi connectivity index (χ0) is 17.8.